The van der Waals surface area contributed by atoms with Crippen molar-refractivity contribution < 1.29 is 13.9 Å². The van der Waals surface area contributed by atoms with Gasteiger partial charge in [0.1, 0.15) is 11.6 Å². The lowest BCUT2D eigenvalue weighted by atomic mass is 9.68. The fourth-order valence-corrected chi connectivity index (χ4v) is 8.22. The second kappa shape index (κ2) is 17.3. The van der Waals surface area contributed by atoms with Gasteiger partial charge in [0.15, 0.2) is 0 Å². The maximum Gasteiger partial charge on any atom is 0.220 e. The minimum atomic E-state index is -0.251. The van der Waals surface area contributed by atoms with E-state index in [-0.39, 0.29) is 29.5 Å². The number of hydrogen-bond acceptors (Lipinski definition) is 3. The Hall–Kier alpha value is -3.67. The zero-order valence-corrected chi connectivity index (χ0v) is 30.0. The van der Waals surface area contributed by atoms with Gasteiger partial charge in [0, 0.05) is 31.0 Å². The minimum Gasteiger partial charge on any atom is -0.496 e. The van der Waals surface area contributed by atoms with Crippen molar-refractivity contribution in [1.82, 2.24) is 10.2 Å². The molecular formula is C43H52ClFN2O2. The van der Waals surface area contributed by atoms with Crippen molar-refractivity contribution in [3.63, 3.8) is 0 Å². The summed E-state index contributed by atoms with van der Waals surface area (Å²) in [7, 11) is 1.79. The van der Waals surface area contributed by atoms with Crippen LogP contribution in [0.1, 0.15) is 90.8 Å². The first kappa shape index (κ1) is 36.6. The van der Waals surface area contributed by atoms with E-state index in [4.69, 9.17) is 4.74 Å². The van der Waals surface area contributed by atoms with Crippen LogP contribution in [0.2, 0.25) is 0 Å². The molecule has 1 unspecified atom stereocenters. The van der Waals surface area contributed by atoms with Crippen molar-refractivity contribution >= 4 is 18.3 Å². The maximum atomic E-state index is 13.3. The fraction of sp³-hybridized carbons (Fsp3) is 0.419. The SMILES string of the molecule is COc1cc2c(cc1C)CCN(CCCC(CCCNC(=O)CCc1ccc(F)cc1)(c1ccccc1)c1ccccc1)C2C1CCC1.Cl. The largest absolute Gasteiger partial charge is 0.496 e. The number of ether oxygens (including phenoxy) is 1. The number of carbonyl (C=O) groups excluding carboxylic acids is 1. The van der Waals surface area contributed by atoms with E-state index in [1.807, 2.05) is 0 Å². The molecule has 6 heteroatoms. The second-order valence-corrected chi connectivity index (χ2v) is 13.9. The maximum absolute atomic E-state index is 13.3. The number of benzene rings is 4. The zero-order valence-electron chi connectivity index (χ0n) is 29.1. The van der Waals surface area contributed by atoms with E-state index in [0.29, 0.717) is 25.4 Å². The monoisotopic (exact) mass is 682 g/mol. The third-order valence-corrected chi connectivity index (χ3v) is 11.0. The lowest BCUT2D eigenvalue weighted by Crippen LogP contribution is -2.42. The summed E-state index contributed by atoms with van der Waals surface area (Å²) in [5.74, 6) is 1.52. The average molecular weight is 683 g/mol. The Morgan fingerprint density at radius 2 is 1.57 bits per heavy atom. The second-order valence-electron chi connectivity index (χ2n) is 13.9. The molecule has 0 aromatic heterocycles. The van der Waals surface area contributed by atoms with E-state index in [2.05, 4.69) is 89.9 Å². The summed E-state index contributed by atoms with van der Waals surface area (Å²) in [4.78, 5) is 15.5. The van der Waals surface area contributed by atoms with Crippen molar-refractivity contribution in [2.45, 2.75) is 82.6 Å². The number of nitrogens with zero attached hydrogens (tertiary/aromatic N) is 1. The molecule has 4 aromatic carbocycles. The lowest BCUT2D eigenvalue weighted by molar-refractivity contribution is -0.121. The molecule has 0 spiro atoms. The molecule has 260 valence electrons. The van der Waals surface area contributed by atoms with E-state index in [1.165, 1.54) is 59.2 Å². The smallest absolute Gasteiger partial charge is 0.220 e. The Balaban J connectivity index is 0.00000468. The van der Waals surface area contributed by atoms with Crippen molar-refractivity contribution in [3.8, 4) is 5.75 Å². The molecule has 1 aliphatic heterocycles. The van der Waals surface area contributed by atoms with Crippen LogP contribution in [-0.2, 0) is 23.1 Å². The first-order chi connectivity index (χ1) is 23.5. The van der Waals surface area contributed by atoms with Crippen molar-refractivity contribution in [2.75, 3.05) is 26.7 Å². The molecule has 1 heterocycles. The van der Waals surface area contributed by atoms with Crippen molar-refractivity contribution in [1.29, 1.82) is 0 Å². The number of nitrogens with one attached hydrogen (secondary N) is 1. The van der Waals surface area contributed by atoms with Gasteiger partial charge < -0.3 is 10.1 Å². The number of methoxy groups -OCH3 is 1. The van der Waals surface area contributed by atoms with Gasteiger partial charge in [0.05, 0.1) is 7.11 Å². The Kier molecular flexibility index (Phi) is 12.9. The molecule has 1 amide bonds. The van der Waals surface area contributed by atoms with Crippen LogP contribution in [0.4, 0.5) is 4.39 Å². The highest BCUT2D eigenvalue weighted by molar-refractivity contribution is 5.85. The molecule has 2 aliphatic rings. The van der Waals surface area contributed by atoms with Gasteiger partial charge >= 0.3 is 0 Å². The highest BCUT2D eigenvalue weighted by Gasteiger charge is 2.38. The van der Waals surface area contributed by atoms with E-state index in [9.17, 15) is 9.18 Å². The summed E-state index contributed by atoms with van der Waals surface area (Å²) >= 11 is 0. The third-order valence-electron chi connectivity index (χ3n) is 11.0. The van der Waals surface area contributed by atoms with Crippen LogP contribution in [-0.4, -0.2) is 37.6 Å². The van der Waals surface area contributed by atoms with E-state index in [0.717, 1.165) is 62.4 Å². The van der Waals surface area contributed by atoms with Gasteiger partial charge in [0.25, 0.3) is 0 Å². The van der Waals surface area contributed by atoms with Crippen molar-refractivity contribution in [3.05, 3.63) is 136 Å². The average Bonchev–Trinajstić information content (AvgIpc) is 3.09. The van der Waals surface area contributed by atoms with Crippen LogP contribution in [0.3, 0.4) is 0 Å². The quantitative estimate of drug-likeness (QED) is 0.127. The number of amides is 1. The van der Waals surface area contributed by atoms with Gasteiger partial charge in [-0.3, -0.25) is 9.69 Å². The fourth-order valence-electron chi connectivity index (χ4n) is 8.22. The third kappa shape index (κ3) is 8.74. The van der Waals surface area contributed by atoms with E-state index < -0.39 is 0 Å². The molecule has 0 radical (unpaired) electrons. The Morgan fingerprint density at radius 3 is 2.18 bits per heavy atom. The van der Waals surface area contributed by atoms with E-state index >= 15 is 0 Å². The summed E-state index contributed by atoms with van der Waals surface area (Å²) in [5.41, 5.74) is 7.74. The predicted molar refractivity (Wildman–Crippen MR) is 200 cm³/mol. The Morgan fingerprint density at radius 1 is 0.918 bits per heavy atom. The van der Waals surface area contributed by atoms with Gasteiger partial charge in [-0.25, -0.2) is 4.39 Å². The Labute approximate surface area is 298 Å². The number of rotatable bonds is 15. The van der Waals surface area contributed by atoms with Crippen LogP contribution in [0.15, 0.2) is 97.1 Å². The Bertz CT molecular complexity index is 1590. The molecule has 1 saturated carbocycles. The minimum absolute atomic E-state index is 0. The highest BCUT2D eigenvalue weighted by Crippen LogP contribution is 2.47. The predicted octanol–water partition coefficient (Wildman–Crippen LogP) is 9.56. The van der Waals surface area contributed by atoms with Gasteiger partial charge in [-0.05, 0) is 122 Å². The van der Waals surface area contributed by atoms with Crippen LogP contribution in [0, 0.1) is 18.7 Å². The number of aryl methyl sites for hydroxylation is 2. The zero-order chi connectivity index (χ0) is 33.3. The number of carbonyl (C=O) groups is 1. The van der Waals surface area contributed by atoms with Gasteiger partial charge in [-0.2, -0.15) is 0 Å². The molecule has 0 bridgehead atoms. The normalized spacial score (nSPS) is 16.3. The molecule has 6 rings (SSSR count). The summed E-state index contributed by atoms with van der Waals surface area (Å²) in [6.07, 6.45) is 10.0. The van der Waals surface area contributed by atoms with Crippen LogP contribution >= 0.6 is 12.4 Å². The highest BCUT2D eigenvalue weighted by atomic mass is 35.5. The summed E-state index contributed by atoms with van der Waals surface area (Å²) in [5, 5.41) is 3.17. The summed E-state index contributed by atoms with van der Waals surface area (Å²) < 4.78 is 19.1. The van der Waals surface area contributed by atoms with Gasteiger partial charge in [-0.1, -0.05) is 85.3 Å². The molecule has 4 aromatic rings. The van der Waals surface area contributed by atoms with Crippen molar-refractivity contribution in [2.24, 2.45) is 5.92 Å². The number of hydrogen-bond donors (Lipinski definition) is 1. The van der Waals surface area contributed by atoms with Crippen LogP contribution < -0.4 is 10.1 Å². The first-order valence-corrected chi connectivity index (χ1v) is 18.0. The molecular weight excluding hydrogens is 631 g/mol. The van der Waals surface area contributed by atoms with Crippen LogP contribution in [0.25, 0.3) is 0 Å². The number of fused-ring (bicyclic) bond motifs is 1. The molecule has 4 nitrogen and oxygen atoms in total. The molecule has 1 aliphatic carbocycles. The molecule has 1 fully saturated rings. The van der Waals surface area contributed by atoms with Gasteiger partial charge in [-0.15, -0.1) is 12.4 Å². The standard InChI is InChI=1S/C43H51FN2O2.ClH/c1-32-30-35-24-29-46(42(34-12-9-13-34)39(35)31-40(32)48-2)28-11-26-43(36-14-5-3-6-15-36,37-16-7-4-8-17-37)25-10-27-45-41(47)23-20-33-18-21-38(44)22-19-33;/h3-8,14-19,21-22,30-31,34,42H,9-13,20,23-29H2,1-2H3,(H,45,47);1H. The number of halogens is 2. The van der Waals surface area contributed by atoms with E-state index in [1.54, 1.807) is 19.2 Å². The molecule has 0 saturated heterocycles. The summed E-state index contributed by atoms with van der Waals surface area (Å²) in [6, 6.07) is 33.6. The first-order valence-electron chi connectivity index (χ1n) is 18.0. The summed E-state index contributed by atoms with van der Waals surface area (Å²) in [6.45, 7) is 4.97. The topological polar surface area (TPSA) is 41.6 Å². The van der Waals surface area contributed by atoms with Crippen LogP contribution in [0.5, 0.6) is 5.75 Å². The van der Waals surface area contributed by atoms with Gasteiger partial charge in [0.2, 0.25) is 5.91 Å². The molecule has 1 N–H and O–H groups in total. The molecule has 1 atom stereocenters. The lowest BCUT2D eigenvalue weighted by Gasteiger charge is -2.46. The molecule has 49 heavy (non-hydrogen) atoms.